The number of carbonyl (C=O) groups is 1. The molecule has 0 saturated heterocycles. The highest BCUT2D eigenvalue weighted by atomic mass is 32.2. The predicted octanol–water partition coefficient (Wildman–Crippen LogP) is 6.87. The van der Waals surface area contributed by atoms with Crippen LogP contribution in [0.5, 0.6) is 0 Å². The Bertz CT molecular complexity index is 732. The number of benzene rings is 1. The first-order valence-corrected chi connectivity index (χ1v) is 14.5. The van der Waals surface area contributed by atoms with Crippen molar-refractivity contribution in [2.45, 2.75) is 112 Å². The molecule has 1 aliphatic rings. The molecular weight excluding hydrogens is 444 g/mol. The minimum Gasteiger partial charge on any atom is -0.355 e. The molecule has 3 unspecified atom stereocenters. The maximum absolute atomic E-state index is 12.7. The van der Waals surface area contributed by atoms with Crippen LogP contribution >= 0.6 is 23.5 Å². The molecule has 2 rings (SSSR count). The molecule has 3 atom stereocenters. The number of rotatable bonds is 9. The van der Waals surface area contributed by atoms with Crippen LogP contribution < -0.4 is 5.32 Å². The maximum Gasteiger partial charge on any atom is 0.232 e. The minimum atomic E-state index is 0.00148. The van der Waals surface area contributed by atoms with Gasteiger partial charge in [-0.15, -0.1) is 23.5 Å². The van der Waals surface area contributed by atoms with E-state index in [2.05, 4.69) is 103 Å². The van der Waals surface area contributed by atoms with Crippen molar-refractivity contribution in [3.8, 4) is 0 Å². The van der Waals surface area contributed by atoms with E-state index in [0.29, 0.717) is 10.5 Å². The first kappa shape index (κ1) is 28.6. The van der Waals surface area contributed by atoms with E-state index in [9.17, 15) is 4.79 Å². The summed E-state index contributed by atoms with van der Waals surface area (Å²) in [7, 11) is 4.14. The molecule has 1 aromatic rings. The molecule has 0 bridgehead atoms. The molecule has 33 heavy (non-hydrogen) atoms. The van der Waals surface area contributed by atoms with Gasteiger partial charge in [-0.3, -0.25) is 4.79 Å². The lowest BCUT2D eigenvalue weighted by atomic mass is 9.81. The first-order chi connectivity index (χ1) is 15.3. The van der Waals surface area contributed by atoms with Gasteiger partial charge in [-0.2, -0.15) is 0 Å². The maximum atomic E-state index is 12.7. The van der Waals surface area contributed by atoms with Gasteiger partial charge in [0.05, 0.1) is 5.25 Å². The van der Waals surface area contributed by atoms with Crippen LogP contribution in [-0.4, -0.2) is 53.7 Å². The van der Waals surface area contributed by atoms with Gasteiger partial charge in [0.15, 0.2) is 0 Å². The number of nitrogens with one attached hydrogen (secondary N) is 1. The van der Waals surface area contributed by atoms with E-state index in [1.165, 1.54) is 41.7 Å². The fraction of sp³-hybridized carbons (Fsp3) is 0.750. The van der Waals surface area contributed by atoms with Gasteiger partial charge < -0.3 is 10.2 Å². The highest BCUT2D eigenvalue weighted by molar-refractivity contribution is 8.04. The Morgan fingerprint density at radius 2 is 1.55 bits per heavy atom. The first-order valence-electron chi connectivity index (χ1n) is 12.7. The van der Waals surface area contributed by atoms with Gasteiger partial charge in [-0.1, -0.05) is 60.5 Å². The average molecular weight is 493 g/mol. The van der Waals surface area contributed by atoms with Gasteiger partial charge in [-0.05, 0) is 80.9 Å². The molecule has 0 radical (unpaired) electrons. The summed E-state index contributed by atoms with van der Waals surface area (Å²) in [6, 6.07) is 7.23. The summed E-state index contributed by atoms with van der Waals surface area (Å²) in [4.78, 5) is 16.2. The molecule has 0 aliphatic heterocycles. The minimum absolute atomic E-state index is 0.00148. The van der Waals surface area contributed by atoms with Crippen molar-refractivity contribution in [2.24, 2.45) is 0 Å². The van der Waals surface area contributed by atoms with Crippen molar-refractivity contribution in [2.75, 3.05) is 27.2 Å². The van der Waals surface area contributed by atoms with E-state index >= 15 is 0 Å². The number of carbonyl (C=O) groups excluding carboxylic acids is 1. The van der Waals surface area contributed by atoms with Crippen LogP contribution in [0.2, 0.25) is 0 Å². The van der Waals surface area contributed by atoms with E-state index in [-0.39, 0.29) is 22.0 Å². The Labute approximate surface area is 212 Å². The molecule has 5 heteroatoms. The fourth-order valence-corrected chi connectivity index (χ4v) is 7.15. The molecule has 188 valence electrons. The summed E-state index contributed by atoms with van der Waals surface area (Å²) in [6.45, 7) is 17.7. The van der Waals surface area contributed by atoms with Crippen LogP contribution in [0.3, 0.4) is 0 Å². The summed E-state index contributed by atoms with van der Waals surface area (Å²) in [5.41, 5.74) is 3.11. The molecule has 1 saturated carbocycles. The number of hydrogen-bond acceptors (Lipinski definition) is 4. The summed E-state index contributed by atoms with van der Waals surface area (Å²) >= 11 is 3.95. The van der Waals surface area contributed by atoms with Crippen LogP contribution in [0.25, 0.3) is 0 Å². The third-order valence-corrected chi connectivity index (χ3v) is 9.48. The molecule has 1 N–H and O–H groups in total. The normalized spacial score (nSPS) is 20.7. The lowest BCUT2D eigenvalue weighted by Gasteiger charge is -2.33. The topological polar surface area (TPSA) is 32.3 Å². The molecular formula is C28H48N2OS2. The quantitative estimate of drug-likeness (QED) is 0.381. The van der Waals surface area contributed by atoms with E-state index in [1.54, 1.807) is 0 Å². The Kier molecular flexibility index (Phi) is 10.7. The summed E-state index contributed by atoms with van der Waals surface area (Å²) in [6.07, 6.45) is 6.03. The van der Waals surface area contributed by atoms with Crippen molar-refractivity contribution in [1.29, 1.82) is 0 Å². The van der Waals surface area contributed by atoms with Crippen LogP contribution in [0.1, 0.15) is 91.7 Å². The van der Waals surface area contributed by atoms with E-state index in [4.69, 9.17) is 0 Å². The zero-order valence-electron chi connectivity index (χ0n) is 22.6. The van der Waals surface area contributed by atoms with Crippen LogP contribution in [0.4, 0.5) is 0 Å². The molecule has 0 aromatic heterocycles. The molecule has 1 aliphatic carbocycles. The molecule has 0 heterocycles. The molecule has 3 nitrogen and oxygen atoms in total. The largest absolute Gasteiger partial charge is 0.355 e. The average Bonchev–Trinajstić information content (AvgIpc) is 2.70. The lowest BCUT2D eigenvalue weighted by Crippen LogP contribution is -2.35. The van der Waals surface area contributed by atoms with Crippen LogP contribution in [0.15, 0.2) is 23.1 Å². The zero-order valence-corrected chi connectivity index (χ0v) is 24.2. The van der Waals surface area contributed by atoms with E-state index < -0.39 is 0 Å². The van der Waals surface area contributed by atoms with Crippen LogP contribution in [-0.2, 0) is 15.6 Å². The Morgan fingerprint density at radius 1 is 1.00 bits per heavy atom. The van der Waals surface area contributed by atoms with Crippen molar-refractivity contribution in [3.63, 3.8) is 0 Å². The number of amides is 1. The van der Waals surface area contributed by atoms with Crippen molar-refractivity contribution in [3.05, 3.63) is 29.3 Å². The van der Waals surface area contributed by atoms with Crippen molar-refractivity contribution in [1.82, 2.24) is 10.2 Å². The van der Waals surface area contributed by atoms with Crippen molar-refractivity contribution < 1.29 is 4.79 Å². The highest BCUT2D eigenvalue weighted by Gasteiger charge is 2.30. The fourth-order valence-electron chi connectivity index (χ4n) is 4.14. The van der Waals surface area contributed by atoms with Gasteiger partial charge in [-0.25, -0.2) is 0 Å². The molecule has 1 amide bonds. The second-order valence-electron chi connectivity index (χ2n) is 12.0. The molecule has 0 spiro atoms. The van der Waals surface area contributed by atoms with Crippen molar-refractivity contribution >= 4 is 29.4 Å². The Balaban J connectivity index is 2.09. The summed E-state index contributed by atoms with van der Waals surface area (Å²) < 4.78 is 0. The summed E-state index contributed by atoms with van der Waals surface area (Å²) in [5.74, 6) is 0.192. The van der Waals surface area contributed by atoms with Gasteiger partial charge >= 0.3 is 0 Å². The predicted molar refractivity (Wildman–Crippen MR) is 149 cm³/mol. The standard InChI is InChI=1S/C28H48N2OS2/c1-20(26(31)29-15-12-16-30(8)9)32-24-13-10-11-14-25(24)33-23-18-21(27(2,3)4)17-22(19-23)28(5,6)7/h17-20,24-25H,10-16H2,1-9H3,(H,29,31). The number of thioether (sulfide) groups is 2. The SMILES string of the molecule is CC(SC1CCCCC1Sc1cc(C(C)(C)C)cc(C(C)(C)C)c1)C(=O)NCCCN(C)C. The van der Waals surface area contributed by atoms with Gasteiger partial charge in [0.2, 0.25) is 5.91 Å². The van der Waals surface area contributed by atoms with Gasteiger partial charge in [0.25, 0.3) is 0 Å². The second kappa shape index (κ2) is 12.4. The highest BCUT2D eigenvalue weighted by Crippen LogP contribution is 2.42. The van der Waals surface area contributed by atoms with E-state index in [0.717, 1.165) is 19.5 Å². The molecule has 1 fully saturated rings. The third kappa shape index (κ3) is 9.49. The van der Waals surface area contributed by atoms with Gasteiger partial charge in [0.1, 0.15) is 0 Å². The van der Waals surface area contributed by atoms with Crippen LogP contribution in [0, 0.1) is 0 Å². The smallest absolute Gasteiger partial charge is 0.232 e. The van der Waals surface area contributed by atoms with Gasteiger partial charge in [0, 0.05) is 21.9 Å². The zero-order chi connectivity index (χ0) is 24.8. The number of hydrogen-bond donors (Lipinski definition) is 1. The second-order valence-corrected chi connectivity index (χ2v) is 14.8. The monoisotopic (exact) mass is 492 g/mol. The number of nitrogens with zero attached hydrogens (tertiary/aromatic N) is 1. The third-order valence-electron chi connectivity index (χ3n) is 6.40. The molecule has 1 aromatic carbocycles. The lowest BCUT2D eigenvalue weighted by molar-refractivity contribution is -0.120. The Hall–Kier alpha value is -0.650. The Morgan fingerprint density at radius 3 is 2.06 bits per heavy atom. The summed E-state index contributed by atoms with van der Waals surface area (Å²) in [5, 5.41) is 4.24. The van der Waals surface area contributed by atoms with E-state index in [1.807, 2.05) is 11.8 Å².